The molecule has 0 fully saturated rings. The number of benzene rings is 1. The molecule has 0 saturated carbocycles. The van der Waals surface area contributed by atoms with E-state index in [1.54, 1.807) is 0 Å². The fourth-order valence-electron chi connectivity index (χ4n) is 1.66. The predicted octanol–water partition coefficient (Wildman–Crippen LogP) is 1.51. The molecule has 0 atom stereocenters. The Morgan fingerprint density at radius 1 is 1.17 bits per heavy atom. The molecule has 3 rings (SSSR count). The highest BCUT2D eigenvalue weighted by atomic mass is 16.5. The van der Waals surface area contributed by atoms with Crippen LogP contribution in [0.15, 0.2) is 36.7 Å². The molecule has 0 unspecified atom stereocenters. The summed E-state index contributed by atoms with van der Waals surface area (Å²) in [7, 11) is 0. The maximum Gasteiger partial charge on any atom is 0.243 e. The molecule has 0 saturated heterocycles. The topological polar surface area (TPSA) is 89.7 Å². The van der Waals surface area contributed by atoms with Crippen LogP contribution in [0.25, 0.3) is 11.2 Å². The smallest absolute Gasteiger partial charge is 0.243 e. The van der Waals surface area contributed by atoms with E-state index >= 15 is 0 Å². The Bertz CT molecular complexity index is 665. The van der Waals surface area contributed by atoms with Crippen LogP contribution < -0.4 is 10.5 Å². The summed E-state index contributed by atoms with van der Waals surface area (Å²) in [4.78, 5) is 15.0. The van der Waals surface area contributed by atoms with E-state index in [0.29, 0.717) is 29.6 Å². The highest BCUT2D eigenvalue weighted by molar-refractivity contribution is 5.77. The summed E-state index contributed by atoms with van der Waals surface area (Å²) in [6.45, 7) is 0.436. The van der Waals surface area contributed by atoms with Crippen LogP contribution >= 0.6 is 0 Å². The van der Waals surface area contributed by atoms with Crippen molar-refractivity contribution in [2.75, 3.05) is 5.73 Å². The fraction of sp³-hybridized carbons (Fsp3) is 0.0833. The Labute approximate surface area is 103 Å². The van der Waals surface area contributed by atoms with Crippen molar-refractivity contribution in [1.82, 2.24) is 19.9 Å². The Kier molecular flexibility index (Phi) is 2.53. The Balaban J connectivity index is 1.86. The van der Waals surface area contributed by atoms with E-state index in [-0.39, 0.29) is 0 Å². The second-order valence-corrected chi connectivity index (χ2v) is 3.77. The van der Waals surface area contributed by atoms with Gasteiger partial charge in [-0.3, -0.25) is 0 Å². The second-order valence-electron chi connectivity index (χ2n) is 3.77. The van der Waals surface area contributed by atoms with Crippen LogP contribution in [-0.2, 0) is 6.61 Å². The minimum absolute atomic E-state index is 0.301. The number of aromatic nitrogens is 4. The molecule has 6 heteroatoms. The van der Waals surface area contributed by atoms with Crippen LogP contribution in [0.3, 0.4) is 0 Å². The number of hydrogen-bond acceptors (Lipinski definition) is 5. The van der Waals surface area contributed by atoms with E-state index in [1.165, 1.54) is 6.33 Å². The molecule has 90 valence electrons. The first-order valence-electron chi connectivity index (χ1n) is 5.46. The van der Waals surface area contributed by atoms with Crippen molar-refractivity contribution in [2.24, 2.45) is 0 Å². The third-order valence-electron chi connectivity index (χ3n) is 2.49. The lowest BCUT2D eigenvalue weighted by molar-refractivity contribution is 0.297. The van der Waals surface area contributed by atoms with Crippen molar-refractivity contribution in [2.45, 2.75) is 6.61 Å². The quantitative estimate of drug-likeness (QED) is 0.725. The van der Waals surface area contributed by atoms with Gasteiger partial charge < -0.3 is 15.5 Å². The van der Waals surface area contributed by atoms with Crippen molar-refractivity contribution >= 4 is 17.1 Å². The van der Waals surface area contributed by atoms with E-state index in [4.69, 9.17) is 10.5 Å². The molecule has 3 aromatic rings. The molecule has 2 heterocycles. The van der Waals surface area contributed by atoms with Crippen molar-refractivity contribution in [3.63, 3.8) is 0 Å². The van der Waals surface area contributed by atoms with Crippen LogP contribution in [0.1, 0.15) is 5.56 Å². The molecule has 1 aromatic carbocycles. The monoisotopic (exact) mass is 241 g/mol. The summed E-state index contributed by atoms with van der Waals surface area (Å²) in [6, 6.07) is 9.85. The number of rotatable bonds is 3. The summed E-state index contributed by atoms with van der Waals surface area (Å²) in [6.07, 6.45) is 1.41. The zero-order valence-electron chi connectivity index (χ0n) is 9.50. The van der Waals surface area contributed by atoms with Gasteiger partial charge in [-0.1, -0.05) is 30.3 Å². The van der Waals surface area contributed by atoms with E-state index < -0.39 is 0 Å². The first kappa shape index (κ1) is 10.5. The number of nitrogens with one attached hydrogen (secondary N) is 1. The average Bonchev–Trinajstić information content (AvgIpc) is 2.78. The zero-order valence-corrected chi connectivity index (χ0v) is 9.50. The summed E-state index contributed by atoms with van der Waals surface area (Å²) >= 11 is 0. The molecule has 0 amide bonds. The van der Waals surface area contributed by atoms with Gasteiger partial charge in [-0.2, -0.15) is 9.97 Å². The maximum absolute atomic E-state index is 5.64. The lowest BCUT2D eigenvalue weighted by atomic mass is 10.2. The Hall–Kier alpha value is -2.63. The molecule has 0 radical (unpaired) electrons. The number of fused-ring (bicyclic) bond motifs is 1. The van der Waals surface area contributed by atoms with Gasteiger partial charge >= 0.3 is 0 Å². The number of nitrogen functional groups attached to an aromatic ring is 1. The zero-order chi connectivity index (χ0) is 12.4. The molecule has 0 aliphatic carbocycles. The molecule has 6 nitrogen and oxygen atoms in total. The summed E-state index contributed by atoms with van der Waals surface area (Å²) in [5.74, 6) is 0.753. The van der Waals surface area contributed by atoms with Crippen LogP contribution in [0.2, 0.25) is 0 Å². The predicted molar refractivity (Wildman–Crippen MR) is 66.9 cm³/mol. The number of nitrogens with two attached hydrogens (primary N) is 1. The van der Waals surface area contributed by atoms with Crippen molar-refractivity contribution in [1.29, 1.82) is 0 Å². The highest BCUT2D eigenvalue weighted by Crippen LogP contribution is 2.20. The molecule has 0 aliphatic rings. The molecule has 3 N–H and O–H groups in total. The summed E-state index contributed by atoms with van der Waals surface area (Å²) < 4.78 is 5.64. The molecular formula is C12H11N5O. The lowest BCUT2D eigenvalue weighted by Crippen LogP contribution is -1.98. The normalized spacial score (nSPS) is 10.7. The first-order chi connectivity index (χ1) is 8.83. The first-order valence-corrected chi connectivity index (χ1v) is 5.46. The number of aromatic amines is 1. The van der Waals surface area contributed by atoms with E-state index in [0.717, 1.165) is 5.56 Å². The fourth-order valence-corrected chi connectivity index (χ4v) is 1.66. The number of anilines is 1. The number of imidazole rings is 1. The number of H-pyrrole nitrogens is 1. The third kappa shape index (κ3) is 1.95. The summed E-state index contributed by atoms with van der Waals surface area (Å²) in [5.41, 5.74) is 7.76. The molecule has 0 spiro atoms. The molecular weight excluding hydrogens is 230 g/mol. The second kappa shape index (κ2) is 4.33. The minimum atomic E-state index is 0.301. The Morgan fingerprint density at radius 2 is 2.00 bits per heavy atom. The van der Waals surface area contributed by atoms with Gasteiger partial charge in [0.2, 0.25) is 5.88 Å². The summed E-state index contributed by atoms with van der Waals surface area (Å²) in [5, 5.41) is 0. The molecule has 2 aromatic heterocycles. The van der Waals surface area contributed by atoms with Gasteiger partial charge in [0.15, 0.2) is 11.6 Å². The number of nitrogens with zero attached hydrogens (tertiary/aromatic N) is 3. The Morgan fingerprint density at radius 3 is 2.83 bits per heavy atom. The van der Waals surface area contributed by atoms with Crippen molar-refractivity contribution in [3.05, 3.63) is 42.2 Å². The van der Waals surface area contributed by atoms with Gasteiger partial charge in [0.25, 0.3) is 0 Å². The van der Waals surface area contributed by atoms with Crippen LogP contribution in [-0.4, -0.2) is 19.9 Å². The van der Waals surface area contributed by atoms with E-state index in [9.17, 15) is 0 Å². The van der Waals surface area contributed by atoms with Crippen LogP contribution in [0, 0.1) is 0 Å². The van der Waals surface area contributed by atoms with E-state index in [1.807, 2.05) is 30.3 Å². The number of hydrogen-bond donors (Lipinski definition) is 2. The van der Waals surface area contributed by atoms with Crippen molar-refractivity contribution < 1.29 is 4.74 Å². The lowest BCUT2D eigenvalue weighted by Gasteiger charge is -2.05. The van der Waals surface area contributed by atoms with Crippen LogP contribution in [0.4, 0.5) is 5.95 Å². The molecule has 0 aliphatic heterocycles. The van der Waals surface area contributed by atoms with Gasteiger partial charge in [-0.15, -0.1) is 0 Å². The maximum atomic E-state index is 5.64. The van der Waals surface area contributed by atoms with Gasteiger partial charge in [-0.05, 0) is 5.56 Å². The average molecular weight is 241 g/mol. The van der Waals surface area contributed by atoms with Gasteiger partial charge in [-0.25, -0.2) is 4.98 Å². The van der Waals surface area contributed by atoms with Crippen LogP contribution in [0.5, 0.6) is 5.88 Å². The van der Waals surface area contributed by atoms with E-state index in [2.05, 4.69) is 19.9 Å². The van der Waals surface area contributed by atoms with Gasteiger partial charge in [0, 0.05) is 0 Å². The van der Waals surface area contributed by atoms with Gasteiger partial charge in [0.1, 0.15) is 18.5 Å². The third-order valence-corrected chi connectivity index (χ3v) is 2.49. The SMILES string of the molecule is Nc1nc2ncnc(OCc3ccccc3)c2[nH]1. The molecule has 18 heavy (non-hydrogen) atoms. The van der Waals surface area contributed by atoms with Gasteiger partial charge in [0.05, 0.1) is 0 Å². The van der Waals surface area contributed by atoms with Crippen molar-refractivity contribution in [3.8, 4) is 5.88 Å². The standard InChI is InChI=1S/C12H11N5O/c13-12-16-9-10(17-12)14-7-15-11(9)18-6-8-4-2-1-3-5-8/h1-5,7H,6H2,(H3,13,14,15,16,17). The highest BCUT2D eigenvalue weighted by Gasteiger charge is 2.09. The minimum Gasteiger partial charge on any atom is -0.471 e. The largest absolute Gasteiger partial charge is 0.471 e. The molecule has 0 bridgehead atoms. The number of ether oxygens (including phenoxy) is 1.